The molecular weight excluding hydrogens is 388 g/mol. The third-order valence-electron chi connectivity index (χ3n) is 2.79. The maximum Gasteiger partial charge on any atom is 0.107 e. The summed E-state index contributed by atoms with van der Waals surface area (Å²) in [5.74, 6) is 0.958. The predicted molar refractivity (Wildman–Crippen MR) is 101 cm³/mol. The molecule has 0 unspecified atom stereocenters. The molecule has 0 aromatic heterocycles. The minimum absolute atomic E-state index is 0.382. The zero-order valence-corrected chi connectivity index (χ0v) is 15.3. The molecule has 0 saturated carbocycles. The predicted octanol–water partition coefficient (Wildman–Crippen LogP) is 5.59. The van der Waals surface area contributed by atoms with E-state index in [-0.39, 0.29) is 0 Å². The molecule has 0 saturated heterocycles. The number of halogens is 2. The second-order valence-electron chi connectivity index (χ2n) is 4.20. The molecule has 0 atom stereocenters. The summed E-state index contributed by atoms with van der Waals surface area (Å²) in [5.41, 5.74) is 8.53. The Morgan fingerprint density at radius 2 is 1.95 bits per heavy atom. The van der Waals surface area contributed by atoms with Crippen LogP contribution in [0.3, 0.4) is 0 Å². The molecule has 110 valence electrons. The van der Waals surface area contributed by atoms with Crippen molar-refractivity contribution < 1.29 is 0 Å². The van der Waals surface area contributed by atoms with E-state index in [4.69, 9.17) is 29.6 Å². The molecule has 0 fully saturated rings. The van der Waals surface area contributed by atoms with E-state index in [1.807, 2.05) is 36.4 Å². The van der Waals surface area contributed by atoms with Crippen molar-refractivity contribution >= 4 is 67.9 Å². The molecule has 0 aliphatic heterocycles. The van der Waals surface area contributed by atoms with Crippen molar-refractivity contribution in [2.24, 2.45) is 5.73 Å². The van der Waals surface area contributed by atoms with Gasteiger partial charge in [-0.3, -0.25) is 0 Å². The van der Waals surface area contributed by atoms with Crippen LogP contribution < -0.4 is 11.1 Å². The highest BCUT2D eigenvalue weighted by atomic mass is 79.9. The summed E-state index contributed by atoms with van der Waals surface area (Å²) >= 11 is 16.5. The maximum absolute atomic E-state index is 6.12. The summed E-state index contributed by atoms with van der Waals surface area (Å²) in [6, 6.07) is 11.6. The summed E-state index contributed by atoms with van der Waals surface area (Å²) in [5, 5.41) is 4.00. The number of anilines is 2. The Morgan fingerprint density at radius 1 is 1.29 bits per heavy atom. The van der Waals surface area contributed by atoms with Gasteiger partial charge in [0.25, 0.3) is 0 Å². The average molecular weight is 402 g/mol. The van der Waals surface area contributed by atoms with Crippen LogP contribution >= 0.6 is 51.5 Å². The van der Waals surface area contributed by atoms with Crippen LogP contribution in [0.5, 0.6) is 0 Å². The monoisotopic (exact) mass is 400 g/mol. The van der Waals surface area contributed by atoms with Gasteiger partial charge in [0.15, 0.2) is 0 Å². The fraction of sp³-hybridized carbons (Fsp3) is 0.133. The molecule has 2 nitrogen and oxygen atoms in total. The number of thioether (sulfide) groups is 1. The van der Waals surface area contributed by atoms with Crippen LogP contribution in [0.2, 0.25) is 5.02 Å². The fourth-order valence-corrected chi connectivity index (χ4v) is 3.58. The molecule has 2 rings (SSSR count). The minimum atomic E-state index is 0.382. The minimum Gasteiger partial charge on any atom is -0.389 e. The number of nitrogens with two attached hydrogens (primary N) is 1. The molecule has 2 aromatic carbocycles. The van der Waals surface area contributed by atoms with E-state index in [2.05, 4.69) is 28.2 Å². The molecule has 0 aliphatic carbocycles. The first-order chi connectivity index (χ1) is 10.0. The highest BCUT2D eigenvalue weighted by Gasteiger charge is 2.13. The molecule has 3 N–H and O–H groups in total. The van der Waals surface area contributed by atoms with E-state index in [0.717, 1.165) is 32.1 Å². The van der Waals surface area contributed by atoms with Crippen LogP contribution in [0.25, 0.3) is 0 Å². The fourth-order valence-electron chi connectivity index (χ4n) is 1.91. The molecule has 2 aromatic rings. The lowest BCUT2D eigenvalue weighted by molar-refractivity contribution is 1.38. The molecule has 0 spiro atoms. The van der Waals surface area contributed by atoms with Crippen molar-refractivity contribution in [1.29, 1.82) is 0 Å². The van der Waals surface area contributed by atoms with Crippen molar-refractivity contribution in [3.05, 3.63) is 51.5 Å². The Hall–Kier alpha value is -0.750. The Kier molecular flexibility index (Phi) is 5.93. The van der Waals surface area contributed by atoms with Gasteiger partial charge in [0.2, 0.25) is 0 Å². The molecule has 0 bridgehead atoms. The van der Waals surface area contributed by atoms with Gasteiger partial charge in [-0.1, -0.05) is 42.9 Å². The van der Waals surface area contributed by atoms with Gasteiger partial charge < -0.3 is 11.1 Å². The smallest absolute Gasteiger partial charge is 0.107 e. The lowest BCUT2D eigenvalue weighted by atomic mass is 10.1. The normalized spacial score (nSPS) is 10.4. The zero-order chi connectivity index (χ0) is 15.4. The summed E-state index contributed by atoms with van der Waals surface area (Å²) in [6.07, 6.45) is 0. The first kappa shape index (κ1) is 16.6. The lowest BCUT2D eigenvalue weighted by Gasteiger charge is -2.16. The Balaban J connectivity index is 2.46. The average Bonchev–Trinajstić information content (AvgIpc) is 2.44. The van der Waals surface area contributed by atoms with Crippen molar-refractivity contribution in [2.75, 3.05) is 11.1 Å². The quantitative estimate of drug-likeness (QED) is 0.506. The molecular formula is C15H14BrClN2S2. The zero-order valence-electron chi connectivity index (χ0n) is 11.3. The first-order valence-corrected chi connectivity index (χ1v) is 8.87. The SMILES string of the molecule is CCSc1cccc(Nc2cccc(Cl)c2Br)c1C(N)=S. The van der Waals surface area contributed by atoms with Crippen molar-refractivity contribution in [1.82, 2.24) is 0 Å². The molecule has 0 aliphatic rings. The van der Waals surface area contributed by atoms with Gasteiger partial charge in [-0.25, -0.2) is 0 Å². The van der Waals surface area contributed by atoms with Gasteiger partial charge in [-0.05, 0) is 45.9 Å². The van der Waals surface area contributed by atoms with Gasteiger partial charge in [-0.2, -0.15) is 0 Å². The van der Waals surface area contributed by atoms with Crippen LogP contribution in [-0.4, -0.2) is 10.7 Å². The van der Waals surface area contributed by atoms with Gasteiger partial charge in [-0.15, -0.1) is 11.8 Å². The molecule has 0 amide bonds. The van der Waals surface area contributed by atoms with E-state index >= 15 is 0 Å². The van der Waals surface area contributed by atoms with E-state index in [0.29, 0.717) is 10.0 Å². The van der Waals surface area contributed by atoms with Gasteiger partial charge in [0.05, 0.1) is 15.2 Å². The summed E-state index contributed by atoms with van der Waals surface area (Å²) in [7, 11) is 0. The standard InChI is InChI=1S/C15H14BrClN2S2/c1-2-21-12-8-4-6-10(13(12)15(18)20)19-11-7-3-5-9(17)14(11)16/h3-8,19H,2H2,1H3,(H2,18,20). The number of rotatable bonds is 5. The topological polar surface area (TPSA) is 38.0 Å². The highest BCUT2D eigenvalue weighted by molar-refractivity contribution is 9.10. The largest absolute Gasteiger partial charge is 0.389 e. The number of benzene rings is 2. The molecule has 6 heteroatoms. The van der Waals surface area contributed by atoms with Crippen molar-refractivity contribution in [2.45, 2.75) is 11.8 Å². The molecule has 0 radical (unpaired) electrons. The van der Waals surface area contributed by atoms with E-state index in [1.54, 1.807) is 11.8 Å². The van der Waals surface area contributed by atoms with Crippen LogP contribution in [0, 0.1) is 0 Å². The van der Waals surface area contributed by atoms with Crippen molar-refractivity contribution in [3.8, 4) is 0 Å². The van der Waals surface area contributed by atoms with Crippen LogP contribution in [0.1, 0.15) is 12.5 Å². The summed E-state index contributed by atoms with van der Waals surface area (Å²) in [4.78, 5) is 1.46. The molecule has 21 heavy (non-hydrogen) atoms. The Morgan fingerprint density at radius 3 is 2.62 bits per heavy atom. The summed E-state index contributed by atoms with van der Waals surface area (Å²) < 4.78 is 0.814. The van der Waals surface area contributed by atoms with Gasteiger partial charge in [0.1, 0.15) is 4.99 Å². The number of hydrogen-bond acceptors (Lipinski definition) is 3. The maximum atomic E-state index is 6.12. The Labute approximate surface area is 147 Å². The van der Waals surface area contributed by atoms with E-state index in [1.165, 1.54) is 0 Å². The van der Waals surface area contributed by atoms with Crippen LogP contribution in [0.4, 0.5) is 11.4 Å². The second-order valence-corrected chi connectivity index (χ2v) is 7.15. The summed E-state index contributed by atoms with van der Waals surface area (Å²) in [6.45, 7) is 2.10. The van der Waals surface area contributed by atoms with Gasteiger partial charge >= 0.3 is 0 Å². The third-order valence-corrected chi connectivity index (χ3v) is 5.33. The number of nitrogens with one attached hydrogen (secondary N) is 1. The second kappa shape index (κ2) is 7.49. The Bertz CT molecular complexity index is 677. The highest BCUT2D eigenvalue weighted by Crippen LogP contribution is 2.35. The van der Waals surface area contributed by atoms with Crippen LogP contribution in [0.15, 0.2) is 45.8 Å². The van der Waals surface area contributed by atoms with Gasteiger partial charge in [0, 0.05) is 16.1 Å². The van der Waals surface area contributed by atoms with Crippen molar-refractivity contribution in [3.63, 3.8) is 0 Å². The first-order valence-electron chi connectivity index (χ1n) is 6.31. The molecule has 0 heterocycles. The number of hydrogen-bond donors (Lipinski definition) is 2. The van der Waals surface area contributed by atoms with Crippen LogP contribution in [-0.2, 0) is 0 Å². The van der Waals surface area contributed by atoms with E-state index in [9.17, 15) is 0 Å². The number of thiocarbonyl (C=S) groups is 1. The third kappa shape index (κ3) is 3.92. The van der Waals surface area contributed by atoms with E-state index < -0.39 is 0 Å². The lowest BCUT2D eigenvalue weighted by Crippen LogP contribution is -2.13.